The van der Waals surface area contributed by atoms with Crippen LogP contribution in [0.4, 0.5) is 5.69 Å². The first kappa shape index (κ1) is 16.3. The maximum Gasteiger partial charge on any atom is 0.263 e. The zero-order valence-corrected chi connectivity index (χ0v) is 14.8. The summed E-state index contributed by atoms with van der Waals surface area (Å²) in [5.74, 6) is 0.197. The van der Waals surface area contributed by atoms with Crippen LogP contribution >= 0.6 is 11.3 Å². The number of carbonyl (C=O) groups excluding carboxylic acids is 2. The van der Waals surface area contributed by atoms with E-state index >= 15 is 0 Å². The van der Waals surface area contributed by atoms with E-state index in [1.807, 2.05) is 24.3 Å². The highest BCUT2D eigenvalue weighted by Crippen LogP contribution is 2.36. The Balaban J connectivity index is 1.37. The monoisotopic (exact) mass is 355 g/mol. The van der Waals surface area contributed by atoms with Crippen molar-refractivity contribution in [1.29, 1.82) is 0 Å². The van der Waals surface area contributed by atoms with E-state index in [2.05, 4.69) is 15.6 Å². The standard InChI is InChI=1S/C19H21N3O2S/c23-18-14(13-7-3-4-8-15(13)22-18)9-10-20-19(24)17-16(21-11-25-17)12-5-1-2-6-12/h3-4,7-8,11-12,14H,1-2,5-6,9-10H2,(H,20,24)(H,22,23)/t14-/m1/s1. The Morgan fingerprint density at radius 3 is 2.92 bits per heavy atom. The van der Waals surface area contributed by atoms with Gasteiger partial charge in [-0.15, -0.1) is 11.3 Å². The first-order valence-electron chi connectivity index (χ1n) is 8.85. The van der Waals surface area contributed by atoms with E-state index in [4.69, 9.17) is 0 Å². The average molecular weight is 355 g/mol. The van der Waals surface area contributed by atoms with Gasteiger partial charge in [0.1, 0.15) is 4.88 Å². The number of para-hydroxylation sites is 1. The second kappa shape index (κ2) is 6.96. The van der Waals surface area contributed by atoms with Crippen molar-refractivity contribution < 1.29 is 9.59 Å². The molecule has 1 saturated carbocycles. The van der Waals surface area contributed by atoms with Crippen molar-refractivity contribution in [2.24, 2.45) is 0 Å². The first-order chi connectivity index (χ1) is 12.2. The molecule has 4 rings (SSSR count). The molecule has 0 unspecified atom stereocenters. The number of rotatable bonds is 5. The van der Waals surface area contributed by atoms with Crippen molar-refractivity contribution in [2.75, 3.05) is 11.9 Å². The van der Waals surface area contributed by atoms with Crippen LogP contribution in [-0.2, 0) is 4.79 Å². The average Bonchev–Trinajstić information content (AvgIpc) is 3.34. The van der Waals surface area contributed by atoms with Crippen molar-refractivity contribution >= 4 is 28.8 Å². The third-order valence-electron chi connectivity index (χ3n) is 5.17. The minimum Gasteiger partial charge on any atom is -0.351 e. The molecule has 2 aliphatic rings. The molecular weight excluding hydrogens is 334 g/mol. The van der Waals surface area contributed by atoms with Crippen molar-refractivity contribution in [3.63, 3.8) is 0 Å². The third-order valence-corrected chi connectivity index (χ3v) is 6.01. The second-order valence-electron chi connectivity index (χ2n) is 6.72. The van der Waals surface area contributed by atoms with Crippen LogP contribution in [0.15, 0.2) is 29.8 Å². The van der Waals surface area contributed by atoms with E-state index in [9.17, 15) is 9.59 Å². The van der Waals surface area contributed by atoms with E-state index in [0.717, 1.165) is 34.7 Å². The lowest BCUT2D eigenvalue weighted by molar-refractivity contribution is -0.117. The van der Waals surface area contributed by atoms with Gasteiger partial charge in [0.15, 0.2) is 0 Å². The Labute approximate surface area is 150 Å². The minimum atomic E-state index is -0.188. The van der Waals surface area contributed by atoms with Gasteiger partial charge in [0, 0.05) is 18.2 Å². The lowest BCUT2D eigenvalue weighted by atomic mass is 9.97. The number of benzene rings is 1. The molecule has 1 atom stereocenters. The molecule has 6 heteroatoms. The quantitative estimate of drug-likeness (QED) is 0.860. The first-order valence-corrected chi connectivity index (χ1v) is 9.73. The Morgan fingerprint density at radius 1 is 1.28 bits per heavy atom. The molecule has 130 valence electrons. The topological polar surface area (TPSA) is 71.1 Å². The molecule has 0 radical (unpaired) electrons. The van der Waals surface area contributed by atoms with Crippen LogP contribution in [0.3, 0.4) is 0 Å². The highest BCUT2D eigenvalue weighted by molar-refractivity contribution is 7.11. The number of carbonyl (C=O) groups is 2. The van der Waals surface area contributed by atoms with Crippen LogP contribution in [0.25, 0.3) is 0 Å². The molecule has 0 saturated heterocycles. The predicted octanol–water partition coefficient (Wildman–Crippen LogP) is 3.66. The van der Waals surface area contributed by atoms with Gasteiger partial charge in [-0.2, -0.15) is 0 Å². The van der Waals surface area contributed by atoms with Gasteiger partial charge in [0.25, 0.3) is 5.91 Å². The molecule has 1 aliphatic heterocycles. The molecule has 0 bridgehead atoms. The van der Waals surface area contributed by atoms with Crippen molar-refractivity contribution in [3.05, 3.63) is 45.9 Å². The Hall–Kier alpha value is -2.21. The Bertz CT molecular complexity index is 795. The van der Waals surface area contributed by atoms with Crippen LogP contribution in [-0.4, -0.2) is 23.3 Å². The van der Waals surface area contributed by atoms with Gasteiger partial charge in [0.2, 0.25) is 5.91 Å². The molecule has 1 aromatic heterocycles. The fraction of sp³-hybridized carbons (Fsp3) is 0.421. The van der Waals surface area contributed by atoms with E-state index in [1.165, 1.54) is 24.2 Å². The number of aromatic nitrogens is 1. The molecule has 2 amide bonds. The number of anilines is 1. The van der Waals surface area contributed by atoms with Crippen molar-refractivity contribution in [2.45, 2.75) is 43.9 Å². The number of thiazole rings is 1. The Morgan fingerprint density at radius 2 is 2.08 bits per heavy atom. The summed E-state index contributed by atoms with van der Waals surface area (Å²) in [5, 5.41) is 5.88. The summed E-state index contributed by atoms with van der Waals surface area (Å²) in [7, 11) is 0. The molecule has 5 nitrogen and oxygen atoms in total. The van der Waals surface area contributed by atoms with Gasteiger partial charge in [-0.1, -0.05) is 31.0 Å². The summed E-state index contributed by atoms with van der Waals surface area (Å²) in [6, 6.07) is 7.74. The van der Waals surface area contributed by atoms with Gasteiger partial charge in [-0.05, 0) is 30.9 Å². The van der Waals surface area contributed by atoms with Crippen LogP contribution in [0, 0.1) is 0 Å². The molecule has 1 fully saturated rings. The fourth-order valence-electron chi connectivity index (χ4n) is 3.89. The van der Waals surface area contributed by atoms with Gasteiger partial charge in [0.05, 0.1) is 17.1 Å². The van der Waals surface area contributed by atoms with E-state index < -0.39 is 0 Å². The van der Waals surface area contributed by atoms with Gasteiger partial charge < -0.3 is 10.6 Å². The van der Waals surface area contributed by atoms with Gasteiger partial charge >= 0.3 is 0 Å². The number of hydrogen-bond donors (Lipinski definition) is 2. The SMILES string of the molecule is O=C(NCC[C@H]1C(=O)Nc2ccccc21)c1scnc1C1CCCC1. The predicted molar refractivity (Wildman–Crippen MR) is 98.1 cm³/mol. The van der Waals surface area contributed by atoms with Crippen LogP contribution < -0.4 is 10.6 Å². The van der Waals surface area contributed by atoms with E-state index in [-0.39, 0.29) is 17.7 Å². The van der Waals surface area contributed by atoms with Crippen LogP contribution in [0.2, 0.25) is 0 Å². The van der Waals surface area contributed by atoms with Crippen LogP contribution in [0.1, 0.15) is 64.9 Å². The maximum absolute atomic E-state index is 12.5. The fourth-order valence-corrected chi connectivity index (χ4v) is 4.68. The van der Waals surface area contributed by atoms with Gasteiger partial charge in [-0.25, -0.2) is 4.98 Å². The lowest BCUT2D eigenvalue weighted by Gasteiger charge is -2.11. The van der Waals surface area contributed by atoms with E-state index in [0.29, 0.717) is 18.9 Å². The summed E-state index contributed by atoms with van der Waals surface area (Å²) in [6.45, 7) is 0.479. The minimum absolute atomic E-state index is 0.0138. The van der Waals surface area contributed by atoms with Crippen LogP contribution in [0.5, 0.6) is 0 Å². The number of nitrogens with one attached hydrogen (secondary N) is 2. The lowest BCUT2D eigenvalue weighted by Crippen LogP contribution is -2.27. The smallest absolute Gasteiger partial charge is 0.263 e. The summed E-state index contributed by atoms with van der Waals surface area (Å²) < 4.78 is 0. The maximum atomic E-state index is 12.5. The molecule has 2 heterocycles. The zero-order chi connectivity index (χ0) is 17.2. The molecule has 2 N–H and O–H groups in total. The molecule has 25 heavy (non-hydrogen) atoms. The number of amides is 2. The Kier molecular flexibility index (Phi) is 4.53. The molecule has 1 aliphatic carbocycles. The summed E-state index contributed by atoms with van der Waals surface area (Å²) in [5.41, 5.74) is 4.63. The normalized spacial score (nSPS) is 19.7. The molecule has 0 spiro atoms. The highest BCUT2D eigenvalue weighted by atomic mass is 32.1. The number of hydrogen-bond acceptors (Lipinski definition) is 4. The van der Waals surface area contributed by atoms with Crippen molar-refractivity contribution in [1.82, 2.24) is 10.3 Å². The molecule has 1 aromatic carbocycles. The highest BCUT2D eigenvalue weighted by Gasteiger charge is 2.30. The molecular formula is C19H21N3O2S. The van der Waals surface area contributed by atoms with Gasteiger partial charge in [-0.3, -0.25) is 9.59 Å². The number of nitrogens with zero attached hydrogens (tertiary/aromatic N) is 1. The largest absolute Gasteiger partial charge is 0.351 e. The summed E-state index contributed by atoms with van der Waals surface area (Å²) >= 11 is 1.41. The summed E-state index contributed by atoms with van der Waals surface area (Å²) in [4.78, 5) is 29.9. The third kappa shape index (κ3) is 3.18. The van der Waals surface area contributed by atoms with Crippen molar-refractivity contribution in [3.8, 4) is 0 Å². The zero-order valence-electron chi connectivity index (χ0n) is 14.0. The second-order valence-corrected chi connectivity index (χ2v) is 7.58. The summed E-state index contributed by atoms with van der Waals surface area (Å²) in [6.07, 6.45) is 5.30. The van der Waals surface area contributed by atoms with E-state index in [1.54, 1.807) is 5.51 Å². The number of fused-ring (bicyclic) bond motifs is 1. The molecule has 2 aromatic rings.